The second-order valence-electron chi connectivity index (χ2n) is 6.93. The van der Waals surface area contributed by atoms with Crippen LogP contribution in [0.25, 0.3) is 0 Å². The van der Waals surface area contributed by atoms with Crippen LogP contribution in [0.1, 0.15) is 29.9 Å². The van der Waals surface area contributed by atoms with Crippen molar-refractivity contribution in [3.05, 3.63) is 29.5 Å². The number of ether oxygens (including phenoxy) is 2. The molecule has 0 aliphatic heterocycles. The molecule has 2 aromatic rings. The number of carbonyl (C=O) groups is 3. The van der Waals surface area contributed by atoms with E-state index < -0.39 is 23.8 Å². The van der Waals surface area contributed by atoms with Gasteiger partial charge in [0.25, 0.3) is 5.91 Å². The quantitative estimate of drug-likeness (QED) is 0.458. The molecule has 168 valence electrons. The maximum absolute atomic E-state index is 12.9. The van der Waals surface area contributed by atoms with Crippen molar-refractivity contribution in [2.24, 2.45) is 11.7 Å². The Morgan fingerprint density at radius 2 is 1.77 bits per heavy atom. The standard InChI is InChI=1S/C20H26N4O5S2/c1-10(2)16(23-17(26)12-6-13(28-4)8-14(7-12)29-5)18(27)24-20-22-11(3)19(31-20)30-9-15(21)25/h6-8,10,16H,9H2,1-5H3,(H2,21,25)(H,23,26)(H,22,24,27). The summed E-state index contributed by atoms with van der Waals surface area (Å²) >= 11 is 2.52. The van der Waals surface area contributed by atoms with Gasteiger partial charge in [0, 0.05) is 11.6 Å². The van der Waals surface area contributed by atoms with E-state index >= 15 is 0 Å². The van der Waals surface area contributed by atoms with Gasteiger partial charge < -0.3 is 25.8 Å². The fourth-order valence-electron chi connectivity index (χ4n) is 2.59. The van der Waals surface area contributed by atoms with Gasteiger partial charge in [-0.3, -0.25) is 14.4 Å². The van der Waals surface area contributed by atoms with E-state index in [2.05, 4.69) is 15.6 Å². The molecule has 11 heteroatoms. The highest BCUT2D eigenvalue weighted by Crippen LogP contribution is 2.32. The molecule has 31 heavy (non-hydrogen) atoms. The van der Waals surface area contributed by atoms with Crippen molar-refractivity contribution in [1.82, 2.24) is 10.3 Å². The molecule has 0 aliphatic carbocycles. The van der Waals surface area contributed by atoms with Gasteiger partial charge in [-0.15, -0.1) is 11.8 Å². The Morgan fingerprint density at radius 3 is 2.29 bits per heavy atom. The molecular formula is C20H26N4O5S2. The van der Waals surface area contributed by atoms with E-state index in [1.54, 1.807) is 25.1 Å². The molecule has 0 spiro atoms. The minimum absolute atomic E-state index is 0.130. The van der Waals surface area contributed by atoms with Crippen molar-refractivity contribution in [2.45, 2.75) is 31.0 Å². The number of methoxy groups -OCH3 is 2. The van der Waals surface area contributed by atoms with Gasteiger partial charge in [-0.1, -0.05) is 25.2 Å². The molecule has 9 nitrogen and oxygen atoms in total. The minimum atomic E-state index is -0.796. The Balaban J connectivity index is 2.13. The van der Waals surface area contributed by atoms with Gasteiger partial charge in [-0.05, 0) is 25.0 Å². The van der Waals surface area contributed by atoms with Gasteiger partial charge >= 0.3 is 0 Å². The van der Waals surface area contributed by atoms with E-state index in [1.165, 1.54) is 37.3 Å². The first-order chi connectivity index (χ1) is 14.6. The smallest absolute Gasteiger partial charge is 0.252 e. The van der Waals surface area contributed by atoms with Crippen LogP contribution in [0, 0.1) is 12.8 Å². The Hall–Kier alpha value is -2.79. The van der Waals surface area contributed by atoms with Gasteiger partial charge in [-0.25, -0.2) is 4.98 Å². The molecule has 0 saturated carbocycles. The molecule has 2 rings (SSSR count). The molecule has 0 fully saturated rings. The lowest BCUT2D eigenvalue weighted by Crippen LogP contribution is -2.47. The first kappa shape index (κ1) is 24.5. The fourth-order valence-corrected chi connectivity index (χ4v) is 4.47. The number of nitrogens with two attached hydrogens (primary N) is 1. The first-order valence-corrected chi connectivity index (χ1v) is 11.2. The van der Waals surface area contributed by atoms with Gasteiger partial charge in [0.05, 0.1) is 29.9 Å². The summed E-state index contributed by atoms with van der Waals surface area (Å²) in [6.07, 6.45) is 0. The highest BCUT2D eigenvalue weighted by atomic mass is 32.2. The third-order valence-electron chi connectivity index (χ3n) is 4.18. The van der Waals surface area contributed by atoms with Crippen LogP contribution in [0.2, 0.25) is 0 Å². The lowest BCUT2D eigenvalue weighted by molar-refractivity contribution is -0.119. The number of thioether (sulfide) groups is 1. The molecular weight excluding hydrogens is 440 g/mol. The fraction of sp³-hybridized carbons (Fsp3) is 0.400. The molecule has 1 aromatic carbocycles. The number of hydrogen-bond donors (Lipinski definition) is 3. The molecule has 0 radical (unpaired) electrons. The van der Waals surface area contributed by atoms with Crippen LogP contribution in [0.15, 0.2) is 22.4 Å². The third-order valence-corrected chi connectivity index (χ3v) is 6.64. The van der Waals surface area contributed by atoms with E-state index in [4.69, 9.17) is 15.2 Å². The maximum Gasteiger partial charge on any atom is 0.252 e. The van der Waals surface area contributed by atoms with Crippen molar-refractivity contribution >= 4 is 46.0 Å². The second-order valence-corrected chi connectivity index (χ2v) is 9.18. The number of primary amides is 1. The van der Waals surface area contributed by atoms with Gasteiger partial charge in [-0.2, -0.15) is 0 Å². The van der Waals surface area contributed by atoms with Crippen molar-refractivity contribution < 1.29 is 23.9 Å². The molecule has 0 saturated heterocycles. The summed E-state index contributed by atoms with van der Waals surface area (Å²) < 4.78 is 11.2. The number of carbonyl (C=O) groups excluding carboxylic acids is 3. The number of amides is 3. The summed E-state index contributed by atoms with van der Waals surface area (Å²) in [6.45, 7) is 5.45. The molecule has 1 heterocycles. The normalized spacial score (nSPS) is 11.7. The molecule has 0 bridgehead atoms. The van der Waals surface area contributed by atoms with Crippen molar-refractivity contribution in [1.29, 1.82) is 0 Å². The van der Waals surface area contributed by atoms with Crippen LogP contribution in [0.3, 0.4) is 0 Å². The number of thiazole rings is 1. The average Bonchev–Trinajstić information content (AvgIpc) is 3.08. The van der Waals surface area contributed by atoms with Crippen LogP contribution in [-0.2, 0) is 9.59 Å². The van der Waals surface area contributed by atoms with Crippen molar-refractivity contribution in [3.8, 4) is 11.5 Å². The summed E-state index contributed by atoms with van der Waals surface area (Å²) in [6, 6.07) is 4.00. The van der Waals surface area contributed by atoms with Crippen LogP contribution in [0.5, 0.6) is 11.5 Å². The molecule has 4 N–H and O–H groups in total. The van der Waals surface area contributed by atoms with E-state index in [0.717, 1.165) is 4.21 Å². The molecule has 3 amide bonds. The average molecular weight is 467 g/mol. The second kappa shape index (κ2) is 11.0. The first-order valence-electron chi connectivity index (χ1n) is 9.38. The third kappa shape index (κ3) is 6.86. The Morgan fingerprint density at radius 1 is 1.16 bits per heavy atom. The van der Waals surface area contributed by atoms with Gasteiger partial charge in [0.1, 0.15) is 17.5 Å². The zero-order valence-electron chi connectivity index (χ0n) is 18.0. The number of benzene rings is 1. The number of nitrogens with zero attached hydrogens (tertiary/aromatic N) is 1. The lowest BCUT2D eigenvalue weighted by atomic mass is 10.0. The number of nitrogens with one attached hydrogen (secondary N) is 2. The minimum Gasteiger partial charge on any atom is -0.497 e. The highest BCUT2D eigenvalue weighted by molar-refractivity contribution is 8.01. The van der Waals surface area contributed by atoms with E-state index in [1.807, 2.05) is 13.8 Å². The molecule has 0 aliphatic rings. The zero-order chi connectivity index (χ0) is 23.1. The largest absolute Gasteiger partial charge is 0.497 e. The predicted octanol–water partition coefficient (Wildman–Crippen LogP) is 2.44. The predicted molar refractivity (Wildman–Crippen MR) is 121 cm³/mol. The lowest BCUT2D eigenvalue weighted by Gasteiger charge is -2.21. The monoisotopic (exact) mass is 466 g/mol. The molecule has 1 unspecified atom stereocenters. The van der Waals surface area contributed by atoms with Crippen molar-refractivity contribution in [3.63, 3.8) is 0 Å². The van der Waals surface area contributed by atoms with Gasteiger partial charge in [0.15, 0.2) is 5.13 Å². The maximum atomic E-state index is 12.9. The molecule has 1 atom stereocenters. The highest BCUT2D eigenvalue weighted by Gasteiger charge is 2.26. The van der Waals surface area contributed by atoms with E-state index in [0.29, 0.717) is 27.9 Å². The number of anilines is 1. The van der Waals surface area contributed by atoms with Crippen LogP contribution in [0.4, 0.5) is 5.13 Å². The van der Waals surface area contributed by atoms with Gasteiger partial charge in [0.2, 0.25) is 11.8 Å². The topological polar surface area (TPSA) is 133 Å². The van der Waals surface area contributed by atoms with Crippen molar-refractivity contribution in [2.75, 3.05) is 25.3 Å². The summed E-state index contributed by atoms with van der Waals surface area (Å²) in [5.74, 6) is -0.368. The Labute approximate surface area is 189 Å². The summed E-state index contributed by atoms with van der Waals surface area (Å²) in [5, 5.41) is 5.90. The van der Waals surface area contributed by atoms with E-state index in [-0.39, 0.29) is 11.7 Å². The Bertz CT molecular complexity index is 939. The summed E-state index contributed by atoms with van der Waals surface area (Å²) in [7, 11) is 2.99. The SMILES string of the molecule is COc1cc(OC)cc(C(=O)NC(C(=O)Nc2nc(C)c(SCC(N)=O)s2)C(C)C)c1. The Kier molecular flexibility index (Phi) is 8.69. The summed E-state index contributed by atoms with van der Waals surface area (Å²) in [4.78, 5) is 41.0. The van der Waals surface area contributed by atoms with E-state index in [9.17, 15) is 14.4 Å². The number of rotatable bonds is 10. The zero-order valence-corrected chi connectivity index (χ0v) is 19.6. The number of aromatic nitrogens is 1. The number of hydrogen-bond acceptors (Lipinski definition) is 8. The van der Waals surface area contributed by atoms with Crippen LogP contribution >= 0.6 is 23.1 Å². The molecule has 1 aromatic heterocycles. The number of aryl methyl sites for hydroxylation is 1. The van der Waals surface area contributed by atoms with Crippen LogP contribution in [-0.4, -0.2) is 48.7 Å². The summed E-state index contributed by atoms with van der Waals surface area (Å²) in [5.41, 5.74) is 6.19. The van der Waals surface area contributed by atoms with Crippen LogP contribution < -0.4 is 25.8 Å².